The van der Waals surface area contributed by atoms with E-state index in [1.54, 1.807) is 6.26 Å². The van der Waals surface area contributed by atoms with Gasteiger partial charge in [-0.1, -0.05) is 30.0 Å². The molecule has 1 saturated heterocycles. The molecular weight excluding hydrogens is 414 g/mol. The first-order valence-electron chi connectivity index (χ1n) is 10.4. The highest BCUT2D eigenvalue weighted by molar-refractivity contribution is 7.99. The number of hydrogen-bond acceptors (Lipinski definition) is 6. The summed E-state index contributed by atoms with van der Waals surface area (Å²) in [7, 11) is 0. The third-order valence-corrected chi connectivity index (χ3v) is 6.31. The number of benzene rings is 1. The molecule has 3 aromatic rings. The lowest BCUT2D eigenvalue weighted by atomic mass is 9.96. The molecular formula is C22H25N5O3S. The van der Waals surface area contributed by atoms with Crippen molar-refractivity contribution in [2.75, 3.05) is 24.2 Å². The van der Waals surface area contributed by atoms with Gasteiger partial charge in [0.25, 0.3) is 0 Å². The number of amides is 2. The van der Waals surface area contributed by atoms with Gasteiger partial charge in [-0.05, 0) is 44.0 Å². The molecule has 0 atom stereocenters. The van der Waals surface area contributed by atoms with Crippen LogP contribution in [-0.4, -0.2) is 50.3 Å². The second-order valence-corrected chi connectivity index (χ2v) is 8.27. The number of anilines is 1. The summed E-state index contributed by atoms with van der Waals surface area (Å²) in [6, 6.07) is 13.1. The third kappa shape index (κ3) is 4.99. The molecule has 8 nitrogen and oxygen atoms in total. The van der Waals surface area contributed by atoms with E-state index in [4.69, 9.17) is 4.42 Å². The van der Waals surface area contributed by atoms with E-state index in [1.807, 2.05) is 58.9 Å². The molecule has 1 aliphatic rings. The van der Waals surface area contributed by atoms with Crippen LogP contribution in [0.4, 0.5) is 5.69 Å². The Morgan fingerprint density at radius 2 is 1.90 bits per heavy atom. The van der Waals surface area contributed by atoms with Gasteiger partial charge in [-0.15, -0.1) is 10.2 Å². The van der Waals surface area contributed by atoms with Crippen LogP contribution in [0, 0.1) is 5.92 Å². The highest BCUT2D eigenvalue weighted by atomic mass is 32.2. The minimum absolute atomic E-state index is 0.0224. The topological polar surface area (TPSA) is 93.3 Å². The summed E-state index contributed by atoms with van der Waals surface area (Å²) >= 11 is 1.38. The first-order chi connectivity index (χ1) is 15.2. The van der Waals surface area contributed by atoms with E-state index in [9.17, 15) is 9.59 Å². The summed E-state index contributed by atoms with van der Waals surface area (Å²) < 4.78 is 7.36. The maximum absolute atomic E-state index is 12.7. The summed E-state index contributed by atoms with van der Waals surface area (Å²) in [6.07, 6.45) is 2.94. The van der Waals surface area contributed by atoms with Crippen molar-refractivity contribution in [3.63, 3.8) is 0 Å². The quantitative estimate of drug-likeness (QED) is 0.566. The van der Waals surface area contributed by atoms with Gasteiger partial charge in [0.15, 0.2) is 16.7 Å². The minimum atomic E-state index is -0.0732. The van der Waals surface area contributed by atoms with Crippen molar-refractivity contribution in [1.29, 1.82) is 0 Å². The number of piperidine rings is 1. The first kappa shape index (κ1) is 21.2. The van der Waals surface area contributed by atoms with Gasteiger partial charge in [0.1, 0.15) is 0 Å². The molecule has 0 bridgehead atoms. The van der Waals surface area contributed by atoms with Crippen LogP contribution in [0.1, 0.15) is 19.8 Å². The maximum atomic E-state index is 12.7. The fourth-order valence-corrected chi connectivity index (χ4v) is 4.55. The van der Waals surface area contributed by atoms with Gasteiger partial charge < -0.3 is 14.6 Å². The van der Waals surface area contributed by atoms with Crippen LogP contribution in [0.5, 0.6) is 0 Å². The van der Waals surface area contributed by atoms with Crippen LogP contribution in [0.2, 0.25) is 0 Å². The van der Waals surface area contributed by atoms with E-state index in [0.717, 1.165) is 5.69 Å². The number of hydrogen-bond donors (Lipinski definition) is 1. The van der Waals surface area contributed by atoms with Gasteiger partial charge in [-0.2, -0.15) is 0 Å². The average Bonchev–Trinajstić information content (AvgIpc) is 3.47. The van der Waals surface area contributed by atoms with Crippen molar-refractivity contribution in [2.24, 2.45) is 5.92 Å². The molecule has 3 heterocycles. The number of rotatable bonds is 7. The third-order valence-electron chi connectivity index (χ3n) is 5.36. The van der Waals surface area contributed by atoms with E-state index >= 15 is 0 Å². The van der Waals surface area contributed by atoms with Gasteiger partial charge >= 0.3 is 0 Å². The number of nitrogens with one attached hydrogen (secondary N) is 1. The Balaban J connectivity index is 1.27. The molecule has 0 spiro atoms. The van der Waals surface area contributed by atoms with Crippen LogP contribution in [-0.2, 0) is 16.1 Å². The lowest BCUT2D eigenvalue weighted by Crippen LogP contribution is -2.42. The minimum Gasteiger partial charge on any atom is -0.461 e. The number of aromatic nitrogens is 3. The molecule has 1 aliphatic heterocycles. The lowest BCUT2D eigenvalue weighted by molar-refractivity contribution is -0.132. The molecule has 0 unspecified atom stereocenters. The van der Waals surface area contributed by atoms with Gasteiger partial charge in [-0.25, -0.2) is 0 Å². The highest BCUT2D eigenvalue weighted by Gasteiger charge is 2.27. The van der Waals surface area contributed by atoms with E-state index in [2.05, 4.69) is 15.5 Å². The molecule has 162 valence electrons. The van der Waals surface area contributed by atoms with Crippen LogP contribution in [0.25, 0.3) is 11.6 Å². The standard InChI is InChI=1S/C22H25N5O3S/c1-2-27-20(18-9-6-14-30-18)24-25-22(27)31-15-19(28)26-12-10-16(11-13-26)21(29)23-17-7-4-3-5-8-17/h3-9,14,16H,2,10-13,15H2,1H3,(H,23,29). The number of para-hydroxylation sites is 1. The Bertz CT molecular complexity index is 1010. The Hall–Kier alpha value is -3.07. The molecule has 0 radical (unpaired) electrons. The largest absolute Gasteiger partial charge is 0.461 e. The van der Waals surface area contributed by atoms with Crippen molar-refractivity contribution >= 4 is 29.3 Å². The van der Waals surface area contributed by atoms with Crippen molar-refractivity contribution in [3.05, 3.63) is 48.7 Å². The number of nitrogens with zero attached hydrogens (tertiary/aromatic N) is 4. The normalized spacial score (nSPS) is 14.5. The van der Waals surface area contributed by atoms with Crippen LogP contribution >= 0.6 is 11.8 Å². The van der Waals surface area contributed by atoms with E-state index < -0.39 is 0 Å². The Morgan fingerprint density at radius 1 is 1.13 bits per heavy atom. The predicted octanol–water partition coefficient (Wildman–Crippen LogP) is 3.53. The van der Waals surface area contributed by atoms with Gasteiger partial charge in [0, 0.05) is 31.2 Å². The summed E-state index contributed by atoms with van der Waals surface area (Å²) in [5.41, 5.74) is 0.802. The number of likely N-dealkylation sites (tertiary alicyclic amines) is 1. The van der Waals surface area contributed by atoms with Crippen LogP contribution in [0.15, 0.2) is 58.3 Å². The van der Waals surface area contributed by atoms with Crippen molar-refractivity contribution < 1.29 is 14.0 Å². The summed E-state index contributed by atoms with van der Waals surface area (Å²) in [6.45, 7) is 3.86. The molecule has 1 N–H and O–H groups in total. The van der Waals surface area contributed by atoms with Crippen LogP contribution < -0.4 is 5.32 Å². The second-order valence-electron chi connectivity index (χ2n) is 7.33. The van der Waals surface area contributed by atoms with Crippen LogP contribution in [0.3, 0.4) is 0 Å². The summed E-state index contributed by atoms with van der Waals surface area (Å²) in [5, 5.41) is 12.1. The smallest absolute Gasteiger partial charge is 0.233 e. The molecule has 31 heavy (non-hydrogen) atoms. The van der Waals surface area contributed by atoms with E-state index in [-0.39, 0.29) is 23.5 Å². The predicted molar refractivity (Wildman–Crippen MR) is 118 cm³/mol. The number of thioether (sulfide) groups is 1. The average molecular weight is 440 g/mol. The Morgan fingerprint density at radius 3 is 2.58 bits per heavy atom. The molecule has 0 aliphatic carbocycles. The Labute approximate surface area is 185 Å². The number of furan rings is 1. The zero-order valence-electron chi connectivity index (χ0n) is 17.4. The lowest BCUT2D eigenvalue weighted by Gasteiger charge is -2.31. The van der Waals surface area contributed by atoms with Crippen molar-refractivity contribution in [1.82, 2.24) is 19.7 Å². The molecule has 2 aromatic heterocycles. The molecule has 1 fully saturated rings. The van der Waals surface area contributed by atoms with Gasteiger partial charge in [-0.3, -0.25) is 14.2 Å². The maximum Gasteiger partial charge on any atom is 0.233 e. The summed E-state index contributed by atoms with van der Waals surface area (Å²) in [4.78, 5) is 27.0. The number of carbonyl (C=O) groups excluding carboxylic acids is 2. The fourth-order valence-electron chi connectivity index (χ4n) is 3.64. The second kappa shape index (κ2) is 9.82. The fraction of sp³-hybridized carbons (Fsp3) is 0.364. The van der Waals surface area contributed by atoms with E-state index in [1.165, 1.54) is 11.8 Å². The van der Waals surface area contributed by atoms with Gasteiger partial charge in [0.05, 0.1) is 12.0 Å². The SMILES string of the molecule is CCn1c(SCC(=O)N2CCC(C(=O)Nc3ccccc3)CC2)nnc1-c1ccco1. The molecule has 0 saturated carbocycles. The summed E-state index contributed by atoms with van der Waals surface area (Å²) in [5.74, 6) is 1.61. The monoisotopic (exact) mass is 439 g/mol. The zero-order valence-corrected chi connectivity index (χ0v) is 18.2. The van der Waals surface area contributed by atoms with Crippen molar-refractivity contribution in [3.8, 4) is 11.6 Å². The Kier molecular flexibility index (Phi) is 6.71. The molecule has 2 amide bonds. The molecule has 4 rings (SSSR count). The van der Waals surface area contributed by atoms with Gasteiger partial charge in [0.2, 0.25) is 11.8 Å². The number of carbonyl (C=O) groups is 2. The highest BCUT2D eigenvalue weighted by Crippen LogP contribution is 2.25. The molecule has 9 heteroatoms. The zero-order chi connectivity index (χ0) is 21.6. The molecule has 1 aromatic carbocycles. The van der Waals surface area contributed by atoms with Crippen molar-refractivity contribution in [2.45, 2.75) is 31.5 Å². The first-order valence-corrected chi connectivity index (χ1v) is 11.4. The van der Waals surface area contributed by atoms with E-state index in [0.29, 0.717) is 49.2 Å².